The van der Waals surface area contributed by atoms with Crippen LogP contribution in [-0.4, -0.2) is 43.0 Å². The van der Waals surface area contributed by atoms with Crippen LogP contribution in [0.3, 0.4) is 0 Å². The summed E-state index contributed by atoms with van der Waals surface area (Å²) in [6.45, 7) is 2.29. The van der Waals surface area contributed by atoms with Gasteiger partial charge in [-0.2, -0.15) is 9.90 Å². The molecule has 0 aliphatic carbocycles. The summed E-state index contributed by atoms with van der Waals surface area (Å²) in [7, 11) is 0. The zero-order valence-electron chi connectivity index (χ0n) is 12.9. The molecule has 9 nitrogen and oxygen atoms in total. The van der Waals surface area contributed by atoms with Gasteiger partial charge in [-0.15, -0.1) is 10.2 Å². The second-order valence-corrected chi connectivity index (χ2v) is 5.67. The Morgan fingerprint density at radius 1 is 1.36 bits per heavy atom. The lowest BCUT2D eigenvalue weighted by molar-refractivity contribution is 0.0727. The SMILES string of the molecule is Cc1cc(OC(=O)c2ccc(Cl)c(OCCn3ncnn3)c2Cl)[nH]n1. The van der Waals surface area contributed by atoms with E-state index in [0.29, 0.717) is 12.2 Å². The zero-order valence-corrected chi connectivity index (χ0v) is 14.5. The van der Waals surface area contributed by atoms with Gasteiger partial charge in [0.1, 0.15) is 6.61 Å². The molecule has 25 heavy (non-hydrogen) atoms. The van der Waals surface area contributed by atoms with Gasteiger partial charge in [0.2, 0.25) is 5.88 Å². The first-order chi connectivity index (χ1) is 12.0. The summed E-state index contributed by atoms with van der Waals surface area (Å²) in [5.41, 5.74) is 0.808. The zero-order chi connectivity index (χ0) is 17.8. The van der Waals surface area contributed by atoms with Crippen LogP contribution in [0.5, 0.6) is 11.6 Å². The predicted octanol–water partition coefficient (Wildman–Crippen LogP) is 2.31. The maximum absolute atomic E-state index is 12.3. The van der Waals surface area contributed by atoms with Gasteiger partial charge in [-0.05, 0) is 24.3 Å². The molecule has 0 saturated carbocycles. The van der Waals surface area contributed by atoms with Crippen molar-refractivity contribution in [2.24, 2.45) is 0 Å². The molecule has 1 N–H and O–H groups in total. The number of nitrogens with one attached hydrogen (secondary N) is 1. The number of tetrazole rings is 1. The van der Waals surface area contributed by atoms with E-state index in [9.17, 15) is 4.79 Å². The fourth-order valence-corrected chi connectivity index (χ4v) is 2.50. The van der Waals surface area contributed by atoms with E-state index in [1.54, 1.807) is 13.0 Å². The van der Waals surface area contributed by atoms with Crippen molar-refractivity contribution in [3.63, 3.8) is 0 Å². The third kappa shape index (κ3) is 4.06. The van der Waals surface area contributed by atoms with Gasteiger partial charge in [-0.3, -0.25) is 0 Å². The third-order valence-electron chi connectivity index (χ3n) is 3.08. The monoisotopic (exact) mass is 382 g/mol. The number of carbonyl (C=O) groups excluding carboxylic acids is 1. The quantitative estimate of drug-likeness (QED) is 0.651. The average Bonchev–Trinajstić information content (AvgIpc) is 3.22. The van der Waals surface area contributed by atoms with Gasteiger partial charge in [-0.25, -0.2) is 9.89 Å². The van der Waals surface area contributed by atoms with Crippen molar-refractivity contribution in [1.29, 1.82) is 0 Å². The van der Waals surface area contributed by atoms with E-state index >= 15 is 0 Å². The molecule has 0 amide bonds. The Kier molecular flexibility index (Phi) is 5.15. The highest BCUT2D eigenvalue weighted by atomic mass is 35.5. The summed E-state index contributed by atoms with van der Waals surface area (Å²) in [5.74, 6) is -0.264. The van der Waals surface area contributed by atoms with Crippen molar-refractivity contribution in [3.05, 3.63) is 45.8 Å². The Labute approximate surface area is 151 Å². The summed E-state index contributed by atoms with van der Waals surface area (Å²) in [5, 5.41) is 17.9. The van der Waals surface area contributed by atoms with Gasteiger partial charge >= 0.3 is 5.97 Å². The summed E-state index contributed by atoms with van der Waals surface area (Å²) >= 11 is 12.4. The van der Waals surface area contributed by atoms with Crippen LogP contribution in [-0.2, 0) is 6.54 Å². The molecule has 0 bridgehead atoms. The molecule has 0 saturated heterocycles. The van der Waals surface area contributed by atoms with Crippen molar-refractivity contribution in [3.8, 4) is 11.6 Å². The molecule has 0 atom stereocenters. The summed E-state index contributed by atoms with van der Waals surface area (Å²) in [6.07, 6.45) is 1.31. The molecule has 2 aromatic heterocycles. The van der Waals surface area contributed by atoms with E-state index in [4.69, 9.17) is 32.7 Å². The minimum Gasteiger partial charge on any atom is -0.488 e. The molecule has 3 aromatic rings. The van der Waals surface area contributed by atoms with Crippen LogP contribution in [0.15, 0.2) is 24.5 Å². The topological polar surface area (TPSA) is 108 Å². The molecule has 1 aromatic carbocycles. The van der Waals surface area contributed by atoms with Crippen LogP contribution < -0.4 is 9.47 Å². The van der Waals surface area contributed by atoms with Gasteiger partial charge in [0.25, 0.3) is 0 Å². The van der Waals surface area contributed by atoms with Crippen molar-refractivity contribution < 1.29 is 14.3 Å². The number of ether oxygens (including phenoxy) is 2. The lowest BCUT2D eigenvalue weighted by Gasteiger charge is -2.12. The lowest BCUT2D eigenvalue weighted by Crippen LogP contribution is -2.13. The van der Waals surface area contributed by atoms with Gasteiger partial charge in [0.05, 0.1) is 27.8 Å². The second kappa shape index (κ2) is 7.49. The molecule has 0 unspecified atom stereocenters. The van der Waals surface area contributed by atoms with Crippen LogP contribution in [0.2, 0.25) is 10.0 Å². The van der Waals surface area contributed by atoms with E-state index in [-0.39, 0.29) is 33.8 Å². The van der Waals surface area contributed by atoms with Crippen LogP contribution in [0.4, 0.5) is 0 Å². The molecule has 2 heterocycles. The van der Waals surface area contributed by atoms with Crippen LogP contribution >= 0.6 is 23.2 Å². The normalized spacial score (nSPS) is 10.7. The Bertz CT molecular complexity index is 881. The van der Waals surface area contributed by atoms with E-state index < -0.39 is 5.97 Å². The highest BCUT2D eigenvalue weighted by Gasteiger charge is 2.20. The lowest BCUT2D eigenvalue weighted by atomic mass is 10.2. The molecular formula is C14H12Cl2N6O3. The van der Waals surface area contributed by atoms with Crippen molar-refractivity contribution >= 4 is 29.2 Å². The number of esters is 1. The number of hydrogen-bond donors (Lipinski definition) is 1. The molecule has 0 spiro atoms. The van der Waals surface area contributed by atoms with Crippen molar-refractivity contribution in [2.75, 3.05) is 6.61 Å². The molecule has 130 valence electrons. The smallest absolute Gasteiger partial charge is 0.346 e. The standard InChI is InChI=1S/C14H12Cl2N6O3/c1-8-6-11(20-19-8)25-14(23)9-2-3-10(15)13(12(9)16)24-5-4-22-18-7-17-21-22/h2-3,6-7H,4-5H2,1H3,(H,19,20). The molecule has 3 rings (SSSR count). The first-order valence-corrected chi connectivity index (χ1v) is 7.86. The van der Waals surface area contributed by atoms with Gasteiger partial charge in [0, 0.05) is 6.07 Å². The molecule has 0 aliphatic heterocycles. The van der Waals surface area contributed by atoms with Crippen LogP contribution in [0.1, 0.15) is 16.1 Å². The number of nitrogens with zero attached hydrogens (tertiary/aromatic N) is 5. The van der Waals surface area contributed by atoms with E-state index in [0.717, 1.165) is 0 Å². The fraction of sp³-hybridized carbons (Fsp3) is 0.214. The molecule has 11 heteroatoms. The molecule has 0 fully saturated rings. The number of rotatable bonds is 6. The van der Waals surface area contributed by atoms with Crippen molar-refractivity contribution in [1.82, 2.24) is 30.4 Å². The minimum absolute atomic E-state index is 0.0558. The summed E-state index contributed by atoms with van der Waals surface area (Å²) in [4.78, 5) is 13.6. The third-order valence-corrected chi connectivity index (χ3v) is 3.76. The summed E-state index contributed by atoms with van der Waals surface area (Å²) < 4.78 is 10.8. The Balaban J connectivity index is 1.73. The van der Waals surface area contributed by atoms with E-state index in [1.165, 1.54) is 23.3 Å². The largest absolute Gasteiger partial charge is 0.488 e. The fourth-order valence-electron chi connectivity index (χ4n) is 1.95. The predicted molar refractivity (Wildman–Crippen MR) is 88.1 cm³/mol. The highest BCUT2D eigenvalue weighted by Crippen LogP contribution is 2.36. The van der Waals surface area contributed by atoms with Crippen LogP contribution in [0.25, 0.3) is 0 Å². The Morgan fingerprint density at radius 3 is 2.88 bits per heavy atom. The molecular weight excluding hydrogens is 371 g/mol. The maximum atomic E-state index is 12.3. The number of H-pyrrole nitrogens is 1. The number of carbonyl (C=O) groups is 1. The Morgan fingerprint density at radius 2 is 2.20 bits per heavy atom. The maximum Gasteiger partial charge on any atom is 0.346 e. The van der Waals surface area contributed by atoms with Gasteiger partial charge < -0.3 is 9.47 Å². The van der Waals surface area contributed by atoms with Crippen LogP contribution in [0, 0.1) is 6.92 Å². The van der Waals surface area contributed by atoms with Crippen molar-refractivity contribution in [2.45, 2.75) is 13.5 Å². The van der Waals surface area contributed by atoms with Gasteiger partial charge in [-0.1, -0.05) is 23.2 Å². The molecule has 0 aliphatic rings. The highest BCUT2D eigenvalue weighted by molar-refractivity contribution is 6.39. The first-order valence-electron chi connectivity index (χ1n) is 7.10. The van der Waals surface area contributed by atoms with E-state index in [2.05, 4.69) is 25.6 Å². The minimum atomic E-state index is -0.659. The molecule has 0 radical (unpaired) electrons. The number of benzene rings is 1. The number of aromatic nitrogens is 6. The van der Waals surface area contributed by atoms with E-state index in [1.807, 2.05) is 0 Å². The Hall–Kier alpha value is -2.65. The number of aryl methyl sites for hydroxylation is 1. The average molecular weight is 383 g/mol. The van der Waals surface area contributed by atoms with Gasteiger partial charge in [0.15, 0.2) is 12.1 Å². The number of hydrogen-bond acceptors (Lipinski definition) is 7. The summed E-state index contributed by atoms with van der Waals surface area (Å²) in [6, 6.07) is 4.55. The first kappa shape index (κ1) is 17.2. The second-order valence-electron chi connectivity index (χ2n) is 4.88. The number of aromatic amines is 1. The number of halogens is 2.